The van der Waals surface area contributed by atoms with Crippen molar-refractivity contribution >= 4 is 23.1 Å². The van der Waals surface area contributed by atoms with Gasteiger partial charge in [0.1, 0.15) is 0 Å². The Balaban J connectivity index is 1.92. The first-order chi connectivity index (χ1) is 8.42. The van der Waals surface area contributed by atoms with Crippen LogP contribution in [0.2, 0.25) is 0 Å². The number of aromatic amines is 1. The molecule has 0 radical (unpaired) electrons. The van der Waals surface area contributed by atoms with Crippen LogP contribution in [-0.2, 0) is 0 Å². The molecule has 0 aliphatic rings. The summed E-state index contributed by atoms with van der Waals surface area (Å²) in [6.45, 7) is 0. The molecule has 0 bridgehead atoms. The van der Waals surface area contributed by atoms with Gasteiger partial charge in [-0.3, -0.25) is 4.98 Å². The Labute approximate surface area is 99.6 Å². The zero-order valence-electron chi connectivity index (χ0n) is 9.30. The van der Waals surface area contributed by atoms with Crippen LogP contribution < -0.4 is 0 Å². The lowest BCUT2D eigenvalue weighted by molar-refractivity contribution is 1.31. The summed E-state index contributed by atoms with van der Waals surface area (Å²) in [7, 11) is 0. The topological polar surface area (TPSA) is 28.7 Å². The second kappa shape index (κ2) is 4.26. The van der Waals surface area contributed by atoms with E-state index < -0.39 is 0 Å². The highest BCUT2D eigenvalue weighted by atomic mass is 14.7. The van der Waals surface area contributed by atoms with E-state index >= 15 is 0 Å². The SMILES string of the molecule is C(=C\c1cc2cc[nH]c2cn1)/c1ccccc1. The van der Waals surface area contributed by atoms with E-state index in [9.17, 15) is 0 Å². The van der Waals surface area contributed by atoms with E-state index in [0.29, 0.717) is 0 Å². The van der Waals surface area contributed by atoms with Crippen molar-refractivity contribution in [1.82, 2.24) is 9.97 Å². The van der Waals surface area contributed by atoms with Gasteiger partial charge in [0.05, 0.1) is 17.4 Å². The molecular weight excluding hydrogens is 208 g/mol. The van der Waals surface area contributed by atoms with Gasteiger partial charge in [-0.1, -0.05) is 36.4 Å². The van der Waals surface area contributed by atoms with E-state index in [1.807, 2.05) is 36.7 Å². The average Bonchev–Trinajstić information content (AvgIpc) is 2.85. The number of rotatable bonds is 2. The van der Waals surface area contributed by atoms with Crippen molar-refractivity contribution in [2.45, 2.75) is 0 Å². The maximum atomic E-state index is 4.38. The van der Waals surface area contributed by atoms with Crippen LogP contribution in [0.4, 0.5) is 0 Å². The van der Waals surface area contributed by atoms with Crippen LogP contribution in [0.15, 0.2) is 54.9 Å². The number of hydrogen-bond donors (Lipinski definition) is 1. The van der Waals surface area contributed by atoms with Crippen molar-refractivity contribution in [3.8, 4) is 0 Å². The predicted octanol–water partition coefficient (Wildman–Crippen LogP) is 3.73. The van der Waals surface area contributed by atoms with Gasteiger partial charge in [-0.15, -0.1) is 0 Å². The molecule has 0 saturated heterocycles. The minimum atomic E-state index is 0.973. The fourth-order valence-corrected chi connectivity index (χ4v) is 1.80. The molecule has 17 heavy (non-hydrogen) atoms. The van der Waals surface area contributed by atoms with Crippen LogP contribution in [0, 0.1) is 0 Å². The average molecular weight is 220 g/mol. The Bertz CT molecular complexity index is 651. The van der Waals surface area contributed by atoms with Crippen molar-refractivity contribution in [3.05, 3.63) is 66.1 Å². The third-order valence-electron chi connectivity index (χ3n) is 2.70. The second-order valence-corrected chi connectivity index (χ2v) is 3.92. The lowest BCUT2D eigenvalue weighted by atomic mass is 10.2. The largest absolute Gasteiger partial charge is 0.360 e. The van der Waals surface area contributed by atoms with Crippen molar-refractivity contribution in [2.24, 2.45) is 0 Å². The molecule has 0 amide bonds. The van der Waals surface area contributed by atoms with E-state index in [0.717, 1.165) is 11.2 Å². The maximum Gasteiger partial charge on any atom is 0.0640 e. The highest BCUT2D eigenvalue weighted by Crippen LogP contribution is 2.13. The third kappa shape index (κ3) is 2.11. The highest BCUT2D eigenvalue weighted by molar-refractivity contribution is 5.81. The number of aromatic nitrogens is 2. The van der Waals surface area contributed by atoms with E-state index in [1.54, 1.807) is 0 Å². The Morgan fingerprint density at radius 1 is 1.00 bits per heavy atom. The molecule has 2 heteroatoms. The van der Waals surface area contributed by atoms with Gasteiger partial charge in [0.25, 0.3) is 0 Å². The zero-order chi connectivity index (χ0) is 11.5. The molecule has 1 aromatic carbocycles. The number of pyridine rings is 1. The van der Waals surface area contributed by atoms with Crippen molar-refractivity contribution < 1.29 is 0 Å². The van der Waals surface area contributed by atoms with E-state index in [1.165, 1.54) is 10.9 Å². The van der Waals surface area contributed by atoms with E-state index in [-0.39, 0.29) is 0 Å². The van der Waals surface area contributed by atoms with E-state index in [2.05, 4.69) is 40.3 Å². The molecule has 2 heterocycles. The smallest absolute Gasteiger partial charge is 0.0640 e. The monoisotopic (exact) mass is 220 g/mol. The van der Waals surface area contributed by atoms with Crippen molar-refractivity contribution in [2.75, 3.05) is 0 Å². The molecule has 2 aromatic heterocycles. The summed E-state index contributed by atoms with van der Waals surface area (Å²) in [6.07, 6.45) is 7.89. The summed E-state index contributed by atoms with van der Waals surface area (Å²) in [5.74, 6) is 0. The quantitative estimate of drug-likeness (QED) is 0.700. The van der Waals surface area contributed by atoms with Crippen molar-refractivity contribution in [1.29, 1.82) is 0 Å². The van der Waals surface area contributed by atoms with Gasteiger partial charge in [-0.25, -0.2) is 0 Å². The first-order valence-electron chi connectivity index (χ1n) is 5.58. The molecule has 0 aliphatic heterocycles. The molecule has 82 valence electrons. The standard InChI is InChI=1S/C15H12N2/c1-2-4-12(5-3-1)6-7-14-10-13-8-9-16-15(13)11-17-14/h1-11,16H/b7-6+. The summed E-state index contributed by atoms with van der Waals surface area (Å²) < 4.78 is 0. The molecule has 3 aromatic rings. The molecular formula is C15H12N2. The van der Waals surface area contributed by atoms with Crippen LogP contribution in [-0.4, -0.2) is 9.97 Å². The summed E-state index contributed by atoms with van der Waals surface area (Å²) in [5, 5.41) is 1.19. The number of benzene rings is 1. The maximum absolute atomic E-state index is 4.38. The Morgan fingerprint density at radius 2 is 1.88 bits per heavy atom. The summed E-state index contributed by atoms with van der Waals surface area (Å²) in [5.41, 5.74) is 3.23. The van der Waals surface area contributed by atoms with Crippen LogP contribution in [0.1, 0.15) is 11.3 Å². The lowest BCUT2D eigenvalue weighted by Gasteiger charge is -1.94. The third-order valence-corrected chi connectivity index (χ3v) is 2.70. The first-order valence-corrected chi connectivity index (χ1v) is 5.58. The van der Waals surface area contributed by atoms with Gasteiger partial charge in [-0.2, -0.15) is 0 Å². The second-order valence-electron chi connectivity index (χ2n) is 3.92. The Hall–Kier alpha value is -2.35. The molecule has 0 unspecified atom stereocenters. The summed E-state index contributed by atoms with van der Waals surface area (Å²) in [6, 6.07) is 14.4. The van der Waals surface area contributed by atoms with E-state index in [4.69, 9.17) is 0 Å². The highest BCUT2D eigenvalue weighted by Gasteiger charge is 1.95. The summed E-state index contributed by atoms with van der Waals surface area (Å²) >= 11 is 0. The van der Waals surface area contributed by atoms with Crippen molar-refractivity contribution in [3.63, 3.8) is 0 Å². The predicted molar refractivity (Wildman–Crippen MR) is 71.5 cm³/mol. The molecule has 0 aliphatic carbocycles. The molecule has 2 nitrogen and oxygen atoms in total. The fraction of sp³-hybridized carbons (Fsp3) is 0. The van der Waals surface area contributed by atoms with Gasteiger partial charge in [0.15, 0.2) is 0 Å². The van der Waals surface area contributed by atoms with Gasteiger partial charge in [0.2, 0.25) is 0 Å². The number of fused-ring (bicyclic) bond motifs is 1. The van der Waals surface area contributed by atoms with Crippen LogP contribution in [0.3, 0.4) is 0 Å². The molecule has 0 saturated carbocycles. The van der Waals surface area contributed by atoms with Crippen LogP contribution in [0.25, 0.3) is 23.1 Å². The van der Waals surface area contributed by atoms with Crippen LogP contribution >= 0.6 is 0 Å². The van der Waals surface area contributed by atoms with Crippen LogP contribution in [0.5, 0.6) is 0 Å². The zero-order valence-corrected chi connectivity index (χ0v) is 9.30. The molecule has 0 atom stereocenters. The number of nitrogens with one attached hydrogen (secondary N) is 1. The number of hydrogen-bond acceptors (Lipinski definition) is 1. The van der Waals surface area contributed by atoms with Gasteiger partial charge < -0.3 is 4.98 Å². The Kier molecular flexibility index (Phi) is 2.47. The molecule has 0 fully saturated rings. The molecule has 3 rings (SSSR count). The lowest BCUT2D eigenvalue weighted by Crippen LogP contribution is -1.79. The van der Waals surface area contributed by atoms with Gasteiger partial charge in [0, 0.05) is 11.6 Å². The molecule has 1 N–H and O–H groups in total. The first kappa shape index (κ1) is 9.85. The number of nitrogens with zero attached hydrogens (tertiary/aromatic N) is 1. The van der Waals surface area contributed by atoms with Gasteiger partial charge >= 0.3 is 0 Å². The molecule has 0 spiro atoms. The number of H-pyrrole nitrogens is 1. The fourth-order valence-electron chi connectivity index (χ4n) is 1.80. The summed E-state index contributed by atoms with van der Waals surface area (Å²) in [4.78, 5) is 7.51. The minimum Gasteiger partial charge on any atom is -0.360 e. The Morgan fingerprint density at radius 3 is 2.76 bits per heavy atom. The normalized spacial score (nSPS) is 11.3. The van der Waals surface area contributed by atoms with Gasteiger partial charge in [-0.05, 0) is 23.8 Å². The minimum absolute atomic E-state index is 0.973.